The van der Waals surface area contributed by atoms with E-state index in [1.54, 1.807) is 30.3 Å². The molecule has 1 heterocycles. The van der Waals surface area contributed by atoms with E-state index in [0.717, 1.165) is 12.8 Å². The van der Waals surface area contributed by atoms with Crippen molar-refractivity contribution < 1.29 is 17.9 Å². The van der Waals surface area contributed by atoms with Crippen LogP contribution in [0.15, 0.2) is 51.1 Å². The van der Waals surface area contributed by atoms with Crippen molar-refractivity contribution in [1.29, 1.82) is 5.26 Å². The number of ether oxygens (including phenoxy) is 1. The Balaban J connectivity index is 1.81. The largest absolute Gasteiger partial charge is 0.449 e. The molecule has 0 radical (unpaired) electrons. The zero-order chi connectivity index (χ0) is 24.0. The average molecular weight is 528 g/mol. The third kappa shape index (κ3) is 6.55. The van der Waals surface area contributed by atoms with Crippen molar-refractivity contribution >= 4 is 51.1 Å². The van der Waals surface area contributed by atoms with E-state index in [-0.39, 0.29) is 36.6 Å². The van der Waals surface area contributed by atoms with Crippen LogP contribution in [0, 0.1) is 11.3 Å². The molecule has 1 aliphatic heterocycles. The van der Waals surface area contributed by atoms with Crippen molar-refractivity contribution in [1.82, 2.24) is 9.21 Å². The first kappa shape index (κ1) is 25.7. The second kappa shape index (κ2) is 11.4. The van der Waals surface area contributed by atoms with Crippen LogP contribution in [0.1, 0.15) is 25.3 Å². The summed E-state index contributed by atoms with van der Waals surface area (Å²) in [6.45, 7) is 3.09. The maximum absolute atomic E-state index is 13.5. The minimum absolute atomic E-state index is 0.0293. The predicted octanol–water partition coefficient (Wildman–Crippen LogP) is 5.26. The number of unbranched alkanes of at least 4 members (excludes halogenated alkanes) is 1. The molecule has 0 N–H and O–H groups in total. The van der Waals surface area contributed by atoms with Crippen LogP contribution in [0.3, 0.4) is 0 Å². The first-order chi connectivity index (χ1) is 15.7. The maximum atomic E-state index is 13.5. The van der Waals surface area contributed by atoms with Gasteiger partial charge >= 0.3 is 6.09 Å². The number of amides is 1. The Morgan fingerprint density at radius 2 is 1.79 bits per heavy atom. The topological polar surface area (TPSA) is 90.7 Å². The molecule has 0 aliphatic carbocycles. The highest BCUT2D eigenvalue weighted by Gasteiger charge is 2.32. The maximum Gasteiger partial charge on any atom is 0.409 e. The number of halogens is 2. The minimum atomic E-state index is -3.92. The van der Waals surface area contributed by atoms with E-state index < -0.39 is 16.1 Å². The van der Waals surface area contributed by atoms with Crippen LogP contribution in [-0.2, 0) is 14.8 Å². The van der Waals surface area contributed by atoms with Crippen molar-refractivity contribution in [2.75, 3.05) is 32.8 Å². The number of hydrogen-bond donors (Lipinski definition) is 0. The standard InChI is InChI=1S/C22H23Cl2N3O4S2/c1-2-3-10-31-22(28)26-6-8-27(9-7-26)33(29,30)21-11-16(15-25)4-5-20(21)32-19-13-17(23)12-18(24)14-19/h4-5,11-14H,2-3,6-10H2,1H3. The zero-order valence-electron chi connectivity index (χ0n) is 18.0. The number of sulfonamides is 1. The second-order valence-corrected chi connectivity index (χ2v) is 11.2. The van der Waals surface area contributed by atoms with Gasteiger partial charge in [-0.05, 0) is 42.8 Å². The normalized spacial score (nSPS) is 14.7. The number of hydrogen-bond acceptors (Lipinski definition) is 6. The number of carbonyl (C=O) groups is 1. The van der Waals surface area contributed by atoms with E-state index in [4.69, 9.17) is 27.9 Å². The molecule has 2 aromatic rings. The highest BCUT2D eigenvalue weighted by Crippen LogP contribution is 2.37. The van der Waals surface area contributed by atoms with Crippen LogP contribution in [0.4, 0.5) is 4.79 Å². The van der Waals surface area contributed by atoms with E-state index in [0.29, 0.717) is 26.4 Å². The van der Waals surface area contributed by atoms with Crippen LogP contribution in [-0.4, -0.2) is 56.5 Å². The van der Waals surface area contributed by atoms with Gasteiger partial charge in [0.2, 0.25) is 10.0 Å². The van der Waals surface area contributed by atoms with E-state index >= 15 is 0 Å². The molecule has 0 spiro atoms. The van der Waals surface area contributed by atoms with Crippen LogP contribution < -0.4 is 0 Å². The average Bonchev–Trinajstić information content (AvgIpc) is 2.78. The molecule has 33 heavy (non-hydrogen) atoms. The Morgan fingerprint density at radius 1 is 1.12 bits per heavy atom. The first-order valence-electron chi connectivity index (χ1n) is 10.3. The Kier molecular flexibility index (Phi) is 8.90. The first-order valence-corrected chi connectivity index (χ1v) is 13.4. The molecule has 3 rings (SSSR count). The molecule has 0 bridgehead atoms. The van der Waals surface area contributed by atoms with Crippen LogP contribution in [0.25, 0.3) is 0 Å². The summed E-state index contributed by atoms with van der Waals surface area (Å²) >= 11 is 13.4. The summed E-state index contributed by atoms with van der Waals surface area (Å²) < 4.78 is 33.6. The monoisotopic (exact) mass is 527 g/mol. The fraction of sp³-hybridized carbons (Fsp3) is 0.364. The van der Waals surface area contributed by atoms with Crippen molar-refractivity contribution in [3.63, 3.8) is 0 Å². The lowest BCUT2D eigenvalue weighted by molar-refractivity contribution is 0.0882. The molecule has 0 aromatic heterocycles. The number of carbonyl (C=O) groups excluding carboxylic acids is 1. The van der Waals surface area contributed by atoms with Gasteiger partial charge in [0.25, 0.3) is 0 Å². The number of piperazine rings is 1. The molecular weight excluding hydrogens is 505 g/mol. The van der Waals surface area contributed by atoms with Crippen LogP contribution >= 0.6 is 35.0 Å². The molecule has 11 heteroatoms. The molecule has 176 valence electrons. The molecule has 7 nitrogen and oxygen atoms in total. The van der Waals surface area contributed by atoms with Crippen molar-refractivity contribution in [2.45, 2.75) is 34.5 Å². The summed E-state index contributed by atoms with van der Waals surface area (Å²) in [6, 6.07) is 11.5. The van der Waals surface area contributed by atoms with Crippen molar-refractivity contribution in [3.8, 4) is 6.07 Å². The van der Waals surface area contributed by atoms with Crippen LogP contribution in [0.5, 0.6) is 0 Å². The highest BCUT2D eigenvalue weighted by molar-refractivity contribution is 8.00. The van der Waals surface area contributed by atoms with Crippen LogP contribution in [0.2, 0.25) is 10.0 Å². The van der Waals surface area contributed by atoms with Gasteiger partial charge in [0.1, 0.15) is 0 Å². The Bertz CT molecular complexity index is 1140. The Morgan fingerprint density at radius 3 is 2.39 bits per heavy atom. The molecule has 1 amide bonds. The van der Waals surface area contributed by atoms with Gasteiger partial charge in [-0.25, -0.2) is 13.2 Å². The molecule has 0 unspecified atom stereocenters. The number of nitrogens with zero attached hydrogens (tertiary/aromatic N) is 3. The van der Waals surface area contributed by atoms with Crippen molar-refractivity contribution in [3.05, 3.63) is 52.0 Å². The molecule has 0 atom stereocenters. The summed E-state index contributed by atoms with van der Waals surface area (Å²) in [7, 11) is -3.92. The van der Waals surface area contributed by atoms with Gasteiger partial charge in [0, 0.05) is 46.0 Å². The lowest BCUT2D eigenvalue weighted by Gasteiger charge is -2.33. The Hall–Kier alpha value is -1.96. The summed E-state index contributed by atoms with van der Waals surface area (Å²) in [4.78, 5) is 14.8. The minimum Gasteiger partial charge on any atom is -0.449 e. The molecule has 1 saturated heterocycles. The third-order valence-corrected chi connectivity index (χ3v) is 8.53. The van der Waals surface area contributed by atoms with Gasteiger partial charge in [-0.3, -0.25) is 0 Å². The molecule has 2 aromatic carbocycles. The zero-order valence-corrected chi connectivity index (χ0v) is 21.1. The number of nitriles is 1. The lowest BCUT2D eigenvalue weighted by Crippen LogP contribution is -2.50. The quantitative estimate of drug-likeness (QED) is 0.456. The van der Waals surface area contributed by atoms with Gasteiger partial charge in [0.15, 0.2) is 0 Å². The van der Waals surface area contributed by atoms with E-state index in [9.17, 15) is 18.5 Å². The fourth-order valence-electron chi connectivity index (χ4n) is 3.22. The van der Waals surface area contributed by atoms with E-state index in [2.05, 4.69) is 0 Å². The van der Waals surface area contributed by atoms with Crippen molar-refractivity contribution in [2.24, 2.45) is 0 Å². The molecule has 0 saturated carbocycles. The van der Waals surface area contributed by atoms with Gasteiger partial charge in [-0.15, -0.1) is 0 Å². The molecule has 1 aliphatic rings. The number of benzene rings is 2. The molecular formula is C22H23Cl2N3O4S2. The predicted molar refractivity (Wildman–Crippen MR) is 128 cm³/mol. The second-order valence-electron chi connectivity index (χ2n) is 7.34. The summed E-state index contributed by atoms with van der Waals surface area (Å²) in [5.74, 6) is 0. The SMILES string of the molecule is CCCCOC(=O)N1CCN(S(=O)(=O)c2cc(C#N)ccc2Sc2cc(Cl)cc(Cl)c2)CC1. The lowest BCUT2D eigenvalue weighted by atomic mass is 10.2. The van der Waals surface area contributed by atoms with Gasteiger partial charge < -0.3 is 9.64 Å². The number of rotatable bonds is 7. The Labute approximate surface area is 208 Å². The smallest absolute Gasteiger partial charge is 0.409 e. The molecule has 1 fully saturated rings. The van der Waals surface area contributed by atoms with E-state index in [1.807, 2.05) is 13.0 Å². The van der Waals surface area contributed by atoms with Gasteiger partial charge in [0.05, 0.1) is 23.1 Å². The fourth-order valence-corrected chi connectivity index (χ4v) is 6.76. The third-order valence-electron chi connectivity index (χ3n) is 4.97. The van der Waals surface area contributed by atoms with Gasteiger partial charge in [-0.1, -0.05) is 48.3 Å². The van der Waals surface area contributed by atoms with E-state index in [1.165, 1.54) is 27.0 Å². The highest BCUT2D eigenvalue weighted by atomic mass is 35.5. The van der Waals surface area contributed by atoms with Gasteiger partial charge in [-0.2, -0.15) is 9.57 Å². The summed E-state index contributed by atoms with van der Waals surface area (Å²) in [5, 5.41) is 10.2. The summed E-state index contributed by atoms with van der Waals surface area (Å²) in [5.41, 5.74) is 0.236. The summed E-state index contributed by atoms with van der Waals surface area (Å²) in [6.07, 6.45) is 1.28.